The van der Waals surface area contributed by atoms with Crippen LogP contribution in [0.5, 0.6) is 0 Å². The van der Waals surface area contributed by atoms with Crippen LogP contribution in [0.15, 0.2) is 46.3 Å². The number of amides is 1. The fraction of sp³-hybridized carbons (Fsp3) is 0.158. The summed E-state index contributed by atoms with van der Waals surface area (Å²) in [5.74, 6) is -0.127. The van der Waals surface area contributed by atoms with Gasteiger partial charge in [-0.15, -0.1) is 0 Å². The van der Waals surface area contributed by atoms with Gasteiger partial charge >= 0.3 is 0 Å². The molecule has 0 aliphatic carbocycles. The van der Waals surface area contributed by atoms with Gasteiger partial charge in [-0.05, 0) is 67.4 Å². The average Bonchev–Trinajstić information content (AvgIpc) is 2.86. The highest BCUT2D eigenvalue weighted by atomic mass is 35.5. The van der Waals surface area contributed by atoms with Crippen LogP contribution in [0.2, 0.25) is 5.02 Å². The van der Waals surface area contributed by atoms with Gasteiger partial charge in [0.1, 0.15) is 0 Å². The highest BCUT2D eigenvalue weighted by Gasteiger charge is 2.24. The average molecular weight is 357 g/mol. The van der Waals surface area contributed by atoms with Gasteiger partial charge < -0.3 is 5.32 Å². The normalized spacial score (nSPS) is 17.6. The highest BCUT2D eigenvalue weighted by Crippen LogP contribution is 2.30. The first-order valence-electron chi connectivity index (χ1n) is 7.55. The van der Waals surface area contributed by atoms with Gasteiger partial charge in [-0.2, -0.15) is 0 Å². The van der Waals surface area contributed by atoms with Crippen LogP contribution in [0, 0.1) is 20.8 Å². The summed E-state index contributed by atoms with van der Waals surface area (Å²) in [6.45, 7) is 6.01. The monoisotopic (exact) mass is 356 g/mol. The van der Waals surface area contributed by atoms with Gasteiger partial charge in [0, 0.05) is 5.02 Å². The number of carbonyl (C=O) groups excluding carboxylic acids is 1. The maximum Gasteiger partial charge on any atom is 0.264 e. The van der Waals surface area contributed by atoms with E-state index < -0.39 is 0 Å². The van der Waals surface area contributed by atoms with Crippen molar-refractivity contribution < 1.29 is 4.79 Å². The number of aryl methyl sites for hydroxylation is 3. The third kappa shape index (κ3) is 3.71. The Kier molecular flexibility index (Phi) is 4.78. The molecular formula is C19H17ClN2OS. The van der Waals surface area contributed by atoms with Gasteiger partial charge in [0.2, 0.25) is 0 Å². The number of amidine groups is 1. The number of aliphatic imine (C=N–C) groups is 1. The summed E-state index contributed by atoms with van der Waals surface area (Å²) in [5, 5.41) is 4.03. The zero-order chi connectivity index (χ0) is 17.3. The quantitative estimate of drug-likeness (QED) is 0.755. The van der Waals surface area contributed by atoms with Gasteiger partial charge in [0.25, 0.3) is 5.91 Å². The van der Waals surface area contributed by atoms with E-state index in [1.54, 1.807) is 6.07 Å². The first-order chi connectivity index (χ1) is 11.4. The maximum absolute atomic E-state index is 12.2. The zero-order valence-electron chi connectivity index (χ0n) is 13.7. The Morgan fingerprint density at radius 2 is 1.83 bits per heavy atom. The fourth-order valence-corrected chi connectivity index (χ4v) is 3.31. The number of rotatable bonds is 2. The van der Waals surface area contributed by atoms with Gasteiger partial charge in [-0.3, -0.25) is 4.79 Å². The Hall–Kier alpha value is -2.04. The molecule has 0 spiro atoms. The molecule has 0 unspecified atom stereocenters. The smallest absolute Gasteiger partial charge is 0.264 e. The van der Waals surface area contributed by atoms with Crippen LogP contribution in [-0.2, 0) is 4.79 Å². The number of hydrogen-bond donors (Lipinski definition) is 1. The summed E-state index contributed by atoms with van der Waals surface area (Å²) in [4.78, 5) is 17.3. The first kappa shape index (κ1) is 16.8. The van der Waals surface area contributed by atoms with Crippen molar-refractivity contribution in [3.05, 3.63) is 68.6 Å². The molecule has 0 bridgehead atoms. The van der Waals surface area contributed by atoms with Gasteiger partial charge in [0.05, 0.1) is 10.6 Å². The number of benzene rings is 2. The third-order valence-corrected chi connectivity index (χ3v) is 5.08. The number of nitrogens with zero attached hydrogens (tertiary/aromatic N) is 1. The zero-order valence-corrected chi connectivity index (χ0v) is 15.3. The molecule has 0 saturated carbocycles. The Balaban J connectivity index is 1.87. The summed E-state index contributed by atoms with van der Waals surface area (Å²) in [7, 11) is 0. The summed E-state index contributed by atoms with van der Waals surface area (Å²) in [5.41, 5.74) is 5.07. The summed E-state index contributed by atoms with van der Waals surface area (Å²) in [6, 6.07) is 11.8. The molecule has 1 aliphatic heterocycles. The van der Waals surface area contributed by atoms with Crippen molar-refractivity contribution in [1.82, 2.24) is 5.32 Å². The molecule has 5 heteroatoms. The third-order valence-electron chi connectivity index (χ3n) is 3.76. The molecule has 3 rings (SSSR count). The fourth-order valence-electron chi connectivity index (χ4n) is 2.31. The molecule has 2 aromatic rings. The van der Waals surface area contributed by atoms with Crippen molar-refractivity contribution in [2.45, 2.75) is 20.8 Å². The standard InChI is InChI=1S/C19H17ClN2OS/c1-11-4-5-12(2)14(8-11)9-17-18(23)22-19(24-17)21-15-7-6-13(3)16(20)10-15/h4-10H,1-3H3,(H,21,22,23). The van der Waals surface area contributed by atoms with Gasteiger partial charge in [0.15, 0.2) is 5.17 Å². The van der Waals surface area contributed by atoms with Crippen LogP contribution in [0.1, 0.15) is 22.3 Å². The van der Waals surface area contributed by atoms with Gasteiger partial charge in [-0.25, -0.2) is 4.99 Å². The Labute approximate surface area is 150 Å². The lowest BCUT2D eigenvalue weighted by atomic mass is 10.1. The number of halogens is 1. The van der Waals surface area contributed by atoms with Crippen molar-refractivity contribution in [2.24, 2.45) is 4.99 Å². The Morgan fingerprint density at radius 1 is 1.08 bits per heavy atom. The van der Waals surface area contributed by atoms with Crippen molar-refractivity contribution in [3.63, 3.8) is 0 Å². The van der Waals surface area contributed by atoms with Gasteiger partial charge in [-0.1, -0.05) is 41.4 Å². The van der Waals surface area contributed by atoms with E-state index in [1.165, 1.54) is 17.3 Å². The van der Waals surface area contributed by atoms with E-state index in [4.69, 9.17) is 11.6 Å². The van der Waals surface area contributed by atoms with E-state index in [-0.39, 0.29) is 5.91 Å². The molecule has 0 atom stereocenters. The molecule has 1 aliphatic rings. The maximum atomic E-state index is 12.2. The molecule has 0 radical (unpaired) electrons. The van der Waals surface area contributed by atoms with Crippen LogP contribution < -0.4 is 5.32 Å². The van der Waals surface area contributed by atoms with Crippen molar-refractivity contribution in [1.29, 1.82) is 0 Å². The number of nitrogens with one attached hydrogen (secondary N) is 1. The van der Waals surface area contributed by atoms with Crippen molar-refractivity contribution >= 4 is 46.2 Å². The predicted molar refractivity (Wildman–Crippen MR) is 103 cm³/mol. The van der Waals surface area contributed by atoms with Crippen LogP contribution >= 0.6 is 23.4 Å². The summed E-state index contributed by atoms with van der Waals surface area (Å²) >= 11 is 7.46. The topological polar surface area (TPSA) is 41.5 Å². The van der Waals surface area contributed by atoms with E-state index in [1.807, 2.05) is 39.0 Å². The van der Waals surface area contributed by atoms with E-state index in [0.717, 1.165) is 22.4 Å². The second-order valence-corrected chi connectivity index (χ2v) is 7.21. The minimum absolute atomic E-state index is 0.127. The molecule has 24 heavy (non-hydrogen) atoms. The second-order valence-electron chi connectivity index (χ2n) is 5.78. The molecule has 0 aromatic heterocycles. The highest BCUT2D eigenvalue weighted by molar-refractivity contribution is 8.18. The van der Waals surface area contributed by atoms with Crippen LogP contribution in [0.3, 0.4) is 0 Å². The van der Waals surface area contributed by atoms with E-state index >= 15 is 0 Å². The lowest BCUT2D eigenvalue weighted by molar-refractivity contribution is -0.115. The summed E-state index contributed by atoms with van der Waals surface area (Å²) in [6.07, 6.45) is 1.91. The molecule has 3 nitrogen and oxygen atoms in total. The lowest BCUT2D eigenvalue weighted by Crippen LogP contribution is -2.19. The van der Waals surface area contributed by atoms with E-state index in [0.29, 0.717) is 15.1 Å². The number of hydrogen-bond acceptors (Lipinski definition) is 3. The minimum atomic E-state index is -0.127. The molecule has 1 heterocycles. The van der Waals surface area contributed by atoms with Crippen molar-refractivity contribution in [2.75, 3.05) is 0 Å². The molecule has 1 amide bonds. The SMILES string of the molecule is Cc1ccc(C)c(C=C2SC(=Nc3ccc(C)c(Cl)c3)NC2=O)c1. The lowest BCUT2D eigenvalue weighted by Gasteiger charge is -2.02. The molecule has 122 valence electrons. The number of carbonyl (C=O) groups is 1. The Bertz CT molecular complexity index is 887. The molecule has 1 saturated heterocycles. The second kappa shape index (κ2) is 6.83. The number of thioether (sulfide) groups is 1. The predicted octanol–water partition coefficient (Wildman–Crippen LogP) is 5.16. The largest absolute Gasteiger partial charge is 0.300 e. The molecule has 2 aromatic carbocycles. The Morgan fingerprint density at radius 3 is 2.58 bits per heavy atom. The van der Waals surface area contributed by atoms with Crippen LogP contribution in [-0.4, -0.2) is 11.1 Å². The molecule has 1 N–H and O–H groups in total. The molecule has 1 fully saturated rings. The van der Waals surface area contributed by atoms with Crippen LogP contribution in [0.4, 0.5) is 5.69 Å². The van der Waals surface area contributed by atoms with E-state index in [9.17, 15) is 4.79 Å². The minimum Gasteiger partial charge on any atom is -0.300 e. The van der Waals surface area contributed by atoms with E-state index in [2.05, 4.69) is 28.5 Å². The van der Waals surface area contributed by atoms with Crippen LogP contribution in [0.25, 0.3) is 6.08 Å². The first-order valence-corrected chi connectivity index (χ1v) is 8.75. The summed E-state index contributed by atoms with van der Waals surface area (Å²) < 4.78 is 0. The van der Waals surface area contributed by atoms with Crippen molar-refractivity contribution in [3.8, 4) is 0 Å². The molecular weight excluding hydrogens is 340 g/mol.